The third kappa shape index (κ3) is 2.96. The van der Waals surface area contributed by atoms with Crippen LogP contribution in [0.25, 0.3) is 10.8 Å². The maximum atomic E-state index is 9.69. The number of fused-ring (bicyclic) bond motifs is 1. The Morgan fingerprint density at radius 3 is 2.53 bits per heavy atom. The monoisotopic (exact) mass is 231 g/mol. The van der Waals surface area contributed by atoms with Gasteiger partial charge in [-0.25, -0.2) is 0 Å². The highest BCUT2D eigenvalue weighted by Gasteiger charge is 2.18. The average molecular weight is 231 g/mol. The number of anilines is 1. The molecule has 0 saturated carbocycles. The fourth-order valence-corrected chi connectivity index (χ4v) is 1.65. The van der Waals surface area contributed by atoms with Gasteiger partial charge in [-0.2, -0.15) is 0 Å². The van der Waals surface area contributed by atoms with Gasteiger partial charge in [0.1, 0.15) is 5.60 Å². The van der Waals surface area contributed by atoms with Gasteiger partial charge in [0, 0.05) is 12.2 Å². The summed E-state index contributed by atoms with van der Waals surface area (Å²) < 4.78 is 0. The van der Waals surface area contributed by atoms with E-state index in [2.05, 4.69) is 11.4 Å². The molecule has 1 unspecified atom stereocenters. The van der Waals surface area contributed by atoms with Crippen LogP contribution in [0.1, 0.15) is 6.92 Å². The molecule has 0 aromatic heterocycles. The van der Waals surface area contributed by atoms with Gasteiger partial charge in [-0.1, -0.05) is 30.3 Å². The molecule has 0 heterocycles. The Kier molecular flexibility index (Phi) is 3.31. The zero-order valence-corrected chi connectivity index (χ0v) is 9.85. The van der Waals surface area contributed by atoms with Crippen LogP contribution in [-0.4, -0.2) is 29.0 Å². The Hall–Kier alpha value is -1.58. The van der Waals surface area contributed by atoms with E-state index in [4.69, 9.17) is 5.11 Å². The minimum absolute atomic E-state index is 0.256. The van der Waals surface area contributed by atoms with E-state index in [0.29, 0.717) is 6.54 Å². The second-order valence-electron chi connectivity index (χ2n) is 4.57. The summed E-state index contributed by atoms with van der Waals surface area (Å²) in [6, 6.07) is 14.1. The molecule has 3 heteroatoms. The number of aliphatic hydroxyl groups excluding tert-OH is 1. The van der Waals surface area contributed by atoms with Crippen molar-refractivity contribution in [1.82, 2.24) is 0 Å². The second kappa shape index (κ2) is 4.73. The largest absolute Gasteiger partial charge is 0.393 e. The summed E-state index contributed by atoms with van der Waals surface area (Å²) in [5.41, 5.74) is -0.150. The highest BCUT2D eigenvalue weighted by molar-refractivity contribution is 5.85. The van der Waals surface area contributed by atoms with Crippen molar-refractivity contribution < 1.29 is 10.2 Å². The zero-order valence-electron chi connectivity index (χ0n) is 9.85. The molecule has 0 radical (unpaired) electrons. The minimum atomic E-state index is -1.09. The number of aliphatic hydroxyl groups is 2. The number of hydrogen-bond acceptors (Lipinski definition) is 3. The van der Waals surface area contributed by atoms with Crippen molar-refractivity contribution in [2.45, 2.75) is 12.5 Å². The Morgan fingerprint density at radius 1 is 1.12 bits per heavy atom. The first-order valence-corrected chi connectivity index (χ1v) is 5.67. The van der Waals surface area contributed by atoms with Crippen molar-refractivity contribution in [1.29, 1.82) is 0 Å². The van der Waals surface area contributed by atoms with Crippen molar-refractivity contribution in [2.24, 2.45) is 0 Å². The van der Waals surface area contributed by atoms with E-state index in [-0.39, 0.29) is 6.61 Å². The molecule has 0 aliphatic heterocycles. The minimum Gasteiger partial charge on any atom is -0.393 e. The van der Waals surface area contributed by atoms with Gasteiger partial charge in [-0.15, -0.1) is 0 Å². The first-order chi connectivity index (χ1) is 8.11. The zero-order chi connectivity index (χ0) is 12.3. The predicted molar refractivity (Wildman–Crippen MR) is 70.1 cm³/mol. The molecule has 1 atom stereocenters. The van der Waals surface area contributed by atoms with Crippen LogP contribution in [0.2, 0.25) is 0 Å². The Bertz CT molecular complexity index is 508. The molecule has 3 nitrogen and oxygen atoms in total. The highest BCUT2D eigenvalue weighted by atomic mass is 16.3. The van der Waals surface area contributed by atoms with E-state index in [0.717, 1.165) is 11.1 Å². The van der Waals surface area contributed by atoms with Gasteiger partial charge in [0.05, 0.1) is 6.61 Å². The van der Waals surface area contributed by atoms with Crippen LogP contribution < -0.4 is 5.32 Å². The lowest BCUT2D eigenvalue weighted by molar-refractivity contribution is 0.0132. The maximum Gasteiger partial charge on any atom is 0.102 e. The SMILES string of the molecule is CC(O)(CO)CNc1ccc2ccccc2c1. The van der Waals surface area contributed by atoms with Gasteiger partial charge >= 0.3 is 0 Å². The van der Waals surface area contributed by atoms with Crippen LogP contribution in [0.3, 0.4) is 0 Å². The smallest absolute Gasteiger partial charge is 0.102 e. The van der Waals surface area contributed by atoms with Crippen LogP contribution in [0.15, 0.2) is 42.5 Å². The van der Waals surface area contributed by atoms with Crippen LogP contribution in [0, 0.1) is 0 Å². The summed E-state index contributed by atoms with van der Waals surface area (Å²) >= 11 is 0. The van der Waals surface area contributed by atoms with Gasteiger partial charge in [0.15, 0.2) is 0 Å². The molecule has 0 bridgehead atoms. The third-order valence-corrected chi connectivity index (χ3v) is 2.76. The fraction of sp³-hybridized carbons (Fsp3) is 0.286. The maximum absolute atomic E-state index is 9.69. The second-order valence-corrected chi connectivity index (χ2v) is 4.57. The molecule has 2 aromatic rings. The molecule has 0 spiro atoms. The normalized spacial score (nSPS) is 14.5. The molecule has 0 amide bonds. The summed E-state index contributed by atoms with van der Waals surface area (Å²) in [7, 11) is 0. The van der Waals surface area contributed by atoms with E-state index >= 15 is 0 Å². The summed E-state index contributed by atoms with van der Waals surface area (Å²) in [6.07, 6.45) is 0. The molecule has 3 N–H and O–H groups in total. The van der Waals surface area contributed by atoms with E-state index in [1.807, 2.05) is 36.4 Å². The van der Waals surface area contributed by atoms with Gasteiger partial charge in [-0.05, 0) is 29.8 Å². The summed E-state index contributed by atoms with van der Waals surface area (Å²) in [5.74, 6) is 0. The lowest BCUT2D eigenvalue weighted by Gasteiger charge is -2.21. The molecular formula is C14H17NO2. The summed E-state index contributed by atoms with van der Waals surface area (Å²) in [6.45, 7) is 1.66. The van der Waals surface area contributed by atoms with E-state index < -0.39 is 5.60 Å². The molecule has 0 aliphatic rings. The molecular weight excluding hydrogens is 214 g/mol. The van der Waals surface area contributed by atoms with E-state index in [1.54, 1.807) is 6.92 Å². The number of hydrogen-bond donors (Lipinski definition) is 3. The summed E-state index contributed by atoms with van der Waals surface area (Å²) in [5, 5.41) is 24.1. The van der Waals surface area contributed by atoms with Crippen molar-refractivity contribution >= 4 is 16.5 Å². The first kappa shape index (κ1) is 11.9. The number of benzene rings is 2. The molecule has 0 aliphatic carbocycles. The van der Waals surface area contributed by atoms with Gasteiger partial charge in [0.2, 0.25) is 0 Å². The Balaban J connectivity index is 2.14. The first-order valence-electron chi connectivity index (χ1n) is 5.67. The lowest BCUT2D eigenvalue weighted by Crippen LogP contribution is -2.37. The van der Waals surface area contributed by atoms with Crippen molar-refractivity contribution in [3.63, 3.8) is 0 Å². The topological polar surface area (TPSA) is 52.5 Å². The number of nitrogens with one attached hydrogen (secondary N) is 1. The Labute approximate surface area is 101 Å². The summed E-state index contributed by atoms with van der Waals surface area (Å²) in [4.78, 5) is 0. The third-order valence-electron chi connectivity index (χ3n) is 2.76. The van der Waals surface area contributed by atoms with Crippen molar-refractivity contribution in [2.75, 3.05) is 18.5 Å². The lowest BCUT2D eigenvalue weighted by atomic mass is 10.1. The molecule has 17 heavy (non-hydrogen) atoms. The van der Waals surface area contributed by atoms with E-state index in [9.17, 15) is 5.11 Å². The van der Waals surface area contributed by atoms with Crippen LogP contribution >= 0.6 is 0 Å². The standard InChI is InChI=1S/C14H17NO2/c1-14(17,10-16)9-15-13-7-6-11-4-2-3-5-12(11)8-13/h2-8,15-17H,9-10H2,1H3. The Morgan fingerprint density at radius 2 is 1.82 bits per heavy atom. The molecule has 0 fully saturated rings. The molecule has 90 valence electrons. The van der Waals surface area contributed by atoms with Gasteiger partial charge < -0.3 is 15.5 Å². The van der Waals surface area contributed by atoms with E-state index in [1.165, 1.54) is 5.39 Å². The average Bonchev–Trinajstić information content (AvgIpc) is 2.36. The highest BCUT2D eigenvalue weighted by Crippen LogP contribution is 2.19. The quantitative estimate of drug-likeness (QED) is 0.754. The van der Waals surface area contributed by atoms with Crippen molar-refractivity contribution in [3.8, 4) is 0 Å². The van der Waals surface area contributed by atoms with Crippen LogP contribution in [0.5, 0.6) is 0 Å². The molecule has 2 aromatic carbocycles. The predicted octanol–water partition coefficient (Wildman–Crippen LogP) is 1.99. The molecule has 2 rings (SSSR count). The fourth-order valence-electron chi connectivity index (χ4n) is 1.65. The van der Waals surface area contributed by atoms with Crippen LogP contribution in [-0.2, 0) is 0 Å². The van der Waals surface area contributed by atoms with Gasteiger partial charge in [-0.3, -0.25) is 0 Å². The molecule has 0 saturated heterocycles. The van der Waals surface area contributed by atoms with Gasteiger partial charge in [0.25, 0.3) is 0 Å². The van der Waals surface area contributed by atoms with Crippen LogP contribution in [0.4, 0.5) is 5.69 Å². The number of rotatable bonds is 4. The van der Waals surface area contributed by atoms with Crippen molar-refractivity contribution in [3.05, 3.63) is 42.5 Å².